The van der Waals surface area contributed by atoms with Gasteiger partial charge in [-0.3, -0.25) is 4.79 Å². The number of nitrogens with zero attached hydrogens (tertiary/aromatic N) is 4. The van der Waals surface area contributed by atoms with E-state index in [4.69, 9.17) is 9.47 Å². The van der Waals surface area contributed by atoms with E-state index in [0.29, 0.717) is 16.6 Å². The Hall–Kier alpha value is -6.20. The normalized spacial score (nSPS) is 18.0. The highest BCUT2D eigenvalue weighted by Gasteiger charge is 2.39. The largest absolute Gasteiger partial charge is 0.508 e. The third kappa shape index (κ3) is 10.6. The summed E-state index contributed by atoms with van der Waals surface area (Å²) in [7, 11) is -4.00. The maximum absolute atomic E-state index is 13.9. The molecule has 0 bridgehead atoms. The third-order valence-electron chi connectivity index (χ3n) is 11.2. The first-order valence-corrected chi connectivity index (χ1v) is 23.3. The minimum atomic E-state index is -4.00. The van der Waals surface area contributed by atoms with Crippen LogP contribution in [-0.2, 0) is 43.9 Å². The number of carbonyl (C=O) groups excluding carboxylic acids is 1. The highest BCUT2D eigenvalue weighted by atomic mass is 32.2. The molecule has 328 valence electrons. The van der Waals surface area contributed by atoms with Gasteiger partial charge in [0.05, 0.1) is 29.4 Å². The molecule has 1 aliphatic heterocycles. The first kappa shape index (κ1) is 44.4. The van der Waals surface area contributed by atoms with Gasteiger partial charge in [-0.05, 0) is 93.6 Å². The molecular weight excluding hydrogens is 849 g/mol. The number of aryl methyl sites for hydroxylation is 1. The van der Waals surface area contributed by atoms with Gasteiger partial charge >= 0.3 is 0 Å². The van der Waals surface area contributed by atoms with E-state index >= 15 is 0 Å². The number of aromatic nitrogens is 4. The number of rotatable bonds is 16. The number of nitrogens with one attached hydrogen (secondary N) is 2. The van der Waals surface area contributed by atoms with Gasteiger partial charge in [-0.15, -0.1) is 5.10 Å². The summed E-state index contributed by atoms with van der Waals surface area (Å²) >= 11 is 1.46. The summed E-state index contributed by atoms with van der Waals surface area (Å²) in [5, 5.41) is 35.4. The summed E-state index contributed by atoms with van der Waals surface area (Å²) in [6.07, 6.45) is -1.17. The zero-order valence-electron chi connectivity index (χ0n) is 35.2. The predicted octanol–water partition coefficient (Wildman–Crippen LogP) is 7.63. The van der Waals surface area contributed by atoms with Crippen LogP contribution in [0.1, 0.15) is 52.7 Å². The zero-order valence-corrected chi connectivity index (χ0v) is 36.8. The number of aromatic hydroxyl groups is 1. The summed E-state index contributed by atoms with van der Waals surface area (Å²) in [6.45, 7) is 4.07. The Morgan fingerprint density at radius 1 is 0.812 bits per heavy atom. The lowest BCUT2D eigenvalue weighted by molar-refractivity contribution is -0.268. The maximum atomic E-state index is 13.9. The SMILES string of the molecule is Cc1ccc(S(=O)(=O)NC(Cc2ccccc2)C(=O)NCc2ccccc2-c2ccc(C3OC(CSc4nnnn4-c4ccc(O)cc4)C(C)C(c4ccc(CO)cc4)O3)cc2)cc1. The number of thioether (sulfide) groups is 1. The van der Waals surface area contributed by atoms with Crippen LogP contribution in [0.4, 0.5) is 0 Å². The van der Waals surface area contributed by atoms with E-state index in [1.165, 1.54) is 23.9 Å². The van der Waals surface area contributed by atoms with Crippen molar-refractivity contribution in [2.75, 3.05) is 5.75 Å². The molecule has 4 N–H and O–H groups in total. The van der Waals surface area contributed by atoms with Crippen molar-refractivity contribution in [2.45, 2.75) is 68.0 Å². The highest BCUT2D eigenvalue weighted by molar-refractivity contribution is 7.99. The van der Waals surface area contributed by atoms with Crippen molar-refractivity contribution >= 4 is 27.7 Å². The molecular formula is C49H48N6O7S2. The van der Waals surface area contributed by atoms with Gasteiger partial charge < -0.3 is 25.0 Å². The van der Waals surface area contributed by atoms with Gasteiger partial charge in [0.15, 0.2) is 6.29 Å². The Balaban J connectivity index is 0.994. The molecule has 0 saturated carbocycles. The van der Waals surface area contributed by atoms with Crippen molar-refractivity contribution < 1.29 is 32.9 Å². The highest BCUT2D eigenvalue weighted by Crippen LogP contribution is 2.43. The number of amides is 1. The second kappa shape index (κ2) is 20.1. The molecule has 2 heterocycles. The van der Waals surface area contributed by atoms with Crippen molar-refractivity contribution in [2.24, 2.45) is 5.92 Å². The molecule has 1 saturated heterocycles. The van der Waals surface area contributed by atoms with Gasteiger partial charge in [-0.1, -0.05) is 140 Å². The van der Waals surface area contributed by atoms with Gasteiger partial charge in [0.2, 0.25) is 21.1 Å². The number of hydrogen-bond acceptors (Lipinski definition) is 11. The van der Waals surface area contributed by atoms with Crippen LogP contribution in [0.15, 0.2) is 162 Å². The second-order valence-corrected chi connectivity index (χ2v) is 18.4. The number of aliphatic hydroxyl groups is 1. The number of benzene rings is 6. The van der Waals surface area contributed by atoms with E-state index in [-0.39, 0.29) is 48.3 Å². The first-order valence-electron chi connectivity index (χ1n) is 20.8. The summed E-state index contributed by atoms with van der Waals surface area (Å²) in [5.41, 5.74) is 7.69. The number of carbonyl (C=O) groups is 1. The standard InChI is InChI=1S/C49H48N6O7S2/c1-32-12-26-42(27-13-32)64(59,60)52-44(28-34-8-4-3-5-9-34)47(58)50-29-39-10-6-7-11-43(39)36-18-20-38(21-19-36)48-61-45(33(2)46(62-48)37-16-14-35(30-56)15-17-37)31-63-49-51-53-54-55(49)40-22-24-41(57)25-23-40/h3-27,33,44-46,48,52,56-57H,28-31H2,1-2H3,(H,50,58). The van der Waals surface area contributed by atoms with E-state index < -0.39 is 28.3 Å². The van der Waals surface area contributed by atoms with Gasteiger partial charge in [0.1, 0.15) is 11.8 Å². The summed E-state index contributed by atoms with van der Waals surface area (Å²) in [4.78, 5) is 14.0. The third-order valence-corrected chi connectivity index (χ3v) is 13.7. The zero-order chi connectivity index (χ0) is 44.6. The maximum Gasteiger partial charge on any atom is 0.241 e. The first-order chi connectivity index (χ1) is 31.0. The topological polar surface area (TPSA) is 178 Å². The number of aliphatic hydroxyl groups excluding tert-OH is 1. The fourth-order valence-corrected chi connectivity index (χ4v) is 9.83. The quantitative estimate of drug-likeness (QED) is 0.0702. The van der Waals surface area contributed by atoms with Gasteiger partial charge in [-0.25, -0.2) is 8.42 Å². The minimum absolute atomic E-state index is 0.0607. The number of phenolic OH excluding ortho intramolecular Hbond substituents is 1. The van der Waals surface area contributed by atoms with Crippen molar-refractivity contribution in [1.82, 2.24) is 30.2 Å². The fourth-order valence-electron chi connectivity index (χ4n) is 7.58. The van der Waals surface area contributed by atoms with Crippen LogP contribution in [0.2, 0.25) is 0 Å². The Labute approximate surface area is 376 Å². The molecule has 6 aromatic carbocycles. The van der Waals surface area contributed by atoms with Crippen molar-refractivity contribution in [3.8, 4) is 22.6 Å². The number of phenols is 1. The molecule has 1 fully saturated rings. The van der Waals surface area contributed by atoms with E-state index in [1.807, 2.05) is 110 Å². The monoisotopic (exact) mass is 896 g/mol. The molecule has 0 spiro atoms. The molecule has 1 amide bonds. The fraction of sp³-hybridized carbons (Fsp3) is 0.224. The van der Waals surface area contributed by atoms with Crippen molar-refractivity contribution in [3.05, 3.63) is 185 Å². The lowest BCUT2D eigenvalue weighted by atomic mass is 9.91. The van der Waals surface area contributed by atoms with Crippen LogP contribution >= 0.6 is 11.8 Å². The van der Waals surface area contributed by atoms with E-state index in [9.17, 15) is 23.4 Å². The van der Waals surface area contributed by atoms with Gasteiger partial charge in [-0.2, -0.15) is 9.40 Å². The molecule has 1 aliphatic rings. The van der Waals surface area contributed by atoms with Crippen molar-refractivity contribution in [1.29, 1.82) is 0 Å². The average molecular weight is 897 g/mol. The van der Waals surface area contributed by atoms with Gasteiger partial charge in [0, 0.05) is 23.8 Å². The lowest BCUT2D eigenvalue weighted by Crippen LogP contribution is -2.47. The lowest BCUT2D eigenvalue weighted by Gasteiger charge is -2.41. The predicted molar refractivity (Wildman–Crippen MR) is 244 cm³/mol. The molecule has 5 atom stereocenters. The van der Waals surface area contributed by atoms with Crippen LogP contribution in [0.25, 0.3) is 16.8 Å². The Morgan fingerprint density at radius 3 is 2.22 bits per heavy atom. The second-order valence-electron chi connectivity index (χ2n) is 15.7. The summed E-state index contributed by atoms with van der Waals surface area (Å²) in [6, 6.07) is 44.9. The molecule has 0 aliphatic carbocycles. The molecule has 7 aromatic rings. The molecule has 5 unspecified atom stereocenters. The molecule has 0 radical (unpaired) electrons. The Kier molecular flexibility index (Phi) is 13.9. The van der Waals surface area contributed by atoms with Crippen LogP contribution in [0, 0.1) is 12.8 Å². The number of sulfonamides is 1. The average Bonchev–Trinajstić information content (AvgIpc) is 3.80. The summed E-state index contributed by atoms with van der Waals surface area (Å²) < 4.78 is 44.7. The molecule has 1 aromatic heterocycles. The van der Waals surface area contributed by atoms with Crippen LogP contribution in [0.3, 0.4) is 0 Å². The van der Waals surface area contributed by atoms with E-state index in [1.54, 1.807) is 41.1 Å². The minimum Gasteiger partial charge on any atom is -0.508 e. The molecule has 8 rings (SSSR count). The van der Waals surface area contributed by atoms with Crippen LogP contribution in [0.5, 0.6) is 5.75 Å². The number of ether oxygens (including phenoxy) is 2. The number of tetrazole rings is 1. The molecule has 15 heteroatoms. The van der Waals surface area contributed by atoms with Crippen molar-refractivity contribution in [3.63, 3.8) is 0 Å². The van der Waals surface area contributed by atoms with Gasteiger partial charge in [0.25, 0.3) is 0 Å². The summed E-state index contributed by atoms with van der Waals surface area (Å²) in [5.74, 6) is 0.137. The molecule has 13 nitrogen and oxygen atoms in total. The van der Waals surface area contributed by atoms with E-state index in [0.717, 1.165) is 44.5 Å². The van der Waals surface area contributed by atoms with E-state index in [2.05, 4.69) is 32.5 Å². The Morgan fingerprint density at radius 2 is 1.50 bits per heavy atom. The molecule has 64 heavy (non-hydrogen) atoms. The van der Waals surface area contributed by atoms with Crippen LogP contribution < -0.4 is 10.0 Å². The Bertz CT molecular complexity index is 2760. The van der Waals surface area contributed by atoms with Crippen LogP contribution in [-0.4, -0.2) is 62.6 Å². The smallest absolute Gasteiger partial charge is 0.241 e. The number of hydrogen-bond donors (Lipinski definition) is 4.